The van der Waals surface area contributed by atoms with Gasteiger partial charge >= 0.3 is 6.03 Å². The van der Waals surface area contributed by atoms with E-state index in [-0.39, 0.29) is 11.7 Å². The number of piperazine rings is 1. The van der Waals surface area contributed by atoms with Gasteiger partial charge in [0.15, 0.2) is 0 Å². The number of non-ortho nitro benzene ring substituents is 1. The largest absolute Gasteiger partial charge is 0.368 e. The van der Waals surface area contributed by atoms with Gasteiger partial charge in [-0.3, -0.25) is 10.1 Å². The Morgan fingerprint density at radius 3 is 2.35 bits per heavy atom. The third-order valence-corrected chi connectivity index (χ3v) is 4.97. The summed E-state index contributed by atoms with van der Waals surface area (Å²) in [6, 6.07) is 11.5. The Morgan fingerprint density at radius 1 is 1.12 bits per heavy atom. The van der Waals surface area contributed by atoms with Crippen LogP contribution in [-0.2, 0) is 0 Å². The fourth-order valence-corrected chi connectivity index (χ4v) is 3.46. The van der Waals surface area contributed by atoms with Gasteiger partial charge in [-0.25, -0.2) is 4.79 Å². The summed E-state index contributed by atoms with van der Waals surface area (Å²) in [4.78, 5) is 26.5. The van der Waals surface area contributed by atoms with E-state index < -0.39 is 4.92 Å². The highest BCUT2D eigenvalue weighted by Gasteiger charge is 2.22. The van der Waals surface area contributed by atoms with Crippen molar-refractivity contribution < 1.29 is 9.72 Å². The molecule has 136 valence electrons. The van der Waals surface area contributed by atoms with Gasteiger partial charge in [-0.15, -0.1) is 0 Å². The van der Waals surface area contributed by atoms with Crippen molar-refractivity contribution in [2.75, 3.05) is 36.4 Å². The number of anilines is 2. The summed E-state index contributed by atoms with van der Waals surface area (Å²) in [5, 5.41) is 14.0. The van der Waals surface area contributed by atoms with Gasteiger partial charge in [0, 0.05) is 48.5 Å². The van der Waals surface area contributed by atoms with E-state index in [9.17, 15) is 14.9 Å². The molecule has 2 aromatic carbocycles. The molecule has 2 amide bonds. The molecule has 26 heavy (non-hydrogen) atoms. The van der Waals surface area contributed by atoms with E-state index in [2.05, 4.69) is 26.1 Å². The molecular formula is C17H16BrClN4O3. The predicted octanol–water partition coefficient (Wildman–Crippen LogP) is 4.36. The lowest BCUT2D eigenvalue weighted by Gasteiger charge is -2.36. The number of benzene rings is 2. The van der Waals surface area contributed by atoms with Crippen LogP contribution >= 0.6 is 27.5 Å². The third kappa shape index (κ3) is 4.25. The number of rotatable bonds is 3. The van der Waals surface area contributed by atoms with Gasteiger partial charge in [0.25, 0.3) is 5.69 Å². The molecule has 0 aromatic heterocycles. The maximum Gasteiger partial charge on any atom is 0.322 e. The number of halogens is 2. The van der Waals surface area contributed by atoms with Crippen LogP contribution in [0, 0.1) is 10.1 Å². The molecule has 1 aliphatic rings. The second-order valence-electron chi connectivity index (χ2n) is 5.80. The summed E-state index contributed by atoms with van der Waals surface area (Å²) < 4.78 is 0.845. The summed E-state index contributed by atoms with van der Waals surface area (Å²) in [6.45, 7) is 2.41. The van der Waals surface area contributed by atoms with Gasteiger partial charge in [-0.1, -0.05) is 27.5 Å². The van der Waals surface area contributed by atoms with Crippen molar-refractivity contribution >= 4 is 50.6 Å². The number of nitro groups is 1. The van der Waals surface area contributed by atoms with Gasteiger partial charge in [-0.05, 0) is 30.3 Å². The molecule has 3 rings (SSSR count). The van der Waals surface area contributed by atoms with Crippen LogP contribution in [0.3, 0.4) is 0 Å². The van der Waals surface area contributed by atoms with Gasteiger partial charge in [0.2, 0.25) is 0 Å². The fourth-order valence-electron chi connectivity index (χ4n) is 2.74. The van der Waals surface area contributed by atoms with E-state index in [1.807, 2.05) is 6.07 Å². The molecule has 0 bridgehead atoms. The lowest BCUT2D eigenvalue weighted by atomic mass is 10.2. The molecule has 0 radical (unpaired) electrons. The van der Waals surface area contributed by atoms with Crippen LogP contribution in [0.5, 0.6) is 0 Å². The molecule has 0 spiro atoms. The van der Waals surface area contributed by atoms with Crippen LogP contribution in [-0.4, -0.2) is 42.0 Å². The summed E-state index contributed by atoms with van der Waals surface area (Å²) in [5.74, 6) is 0. The molecule has 1 fully saturated rings. The number of urea groups is 1. The first-order valence-electron chi connectivity index (χ1n) is 7.94. The third-order valence-electron chi connectivity index (χ3n) is 4.17. The second kappa shape index (κ2) is 7.92. The molecule has 2 aromatic rings. The van der Waals surface area contributed by atoms with E-state index in [1.165, 1.54) is 12.1 Å². The fraction of sp³-hybridized carbons (Fsp3) is 0.235. The van der Waals surface area contributed by atoms with Crippen molar-refractivity contribution in [3.63, 3.8) is 0 Å². The Labute approximate surface area is 163 Å². The van der Waals surface area contributed by atoms with Crippen LogP contribution in [0.25, 0.3) is 0 Å². The number of hydrogen-bond acceptors (Lipinski definition) is 4. The van der Waals surface area contributed by atoms with Crippen molar-refractivity contribution in [3.05, 3.63) is 62.1 Å². The van der Waals surface area contributed by atoms with Crippen molar-refractivity contribution in [1.82, 2.24) is 4.90 Å². The Kier molecular flexibility index (Phi) is 5.63. The van der Waals surface area contributed by atoms with E-state index in [0.29, 0.717) is 36.9 Å². The summed E-state index contributed by atoms with van der Waals surface area (Å²) in [7, 11) is 0. The maximum absolute atomic E-state index is 12.4. The molecule has 1 heterocycles. The lowest BCUT2D eigenvalue weighted by molar-refractivity contribution is -0.384. The number of nitro benzene ring substituents is 1. The average Bonchev–Trinajstić information content (AvgIpc) is 2.64. The van der Waals surface area contributed by atoms with Crippen molar-refractivity contribution in [2.24, 2.45) is 0 Å². The molecule has 7 nitrogen and oxygen atoms in total. The first kappa shape index (κ1) is 18.5. The lowest BCUT2D eigenvalue weighted by Crippen LogP contribution is -2.50. The highest BCUT2D eigenvalue weighted by Crippen LogP contribution is 2.26. The van der Waals surface area contributed by atoms with E-state index in [1.54, 1.807) is 29.2 Å². The minimum atomic E-state index is -0.417. The van der Waals surface area contributed by atoms with Gasteiger partial charge in [0.1, 0.15) is 0 Å². The molecule has 0 unspecified atom stereocenters. The maximum atomic E-state index is 12.4. The minimum Gasteiger partial charge on any atom is -0.368 e. The van der Waals surface area contributed by atoms with Crippen LogP contribution in [0.4, 0.5) is 21.9 Å². The Bertz CT molecular complexity index is 823. The number of amides is 2. The SMILES string of the molecule is O=C(Nc1ccc(Br)cc1Cl)N1CCN(c2ccc([N+](=O)[O-])cc2)CC1. The summed E-state index contributed by atoms with van der Waals surface area (Å²) >= 11 is 9.46. The van der Waals surface area contributed by atoms with Crippen LogP contribution in [0.2, 0.25) is 5.02 Å². The van der Waals surface area contributed by atoms with Crippen molar-refractivity contribution in [2.45, 2.75) is 0 Å². The molecule has 1 aliphatic heterocycles. The molecule has 0 atom stereocenters. The van der Waals surface area contributed by atoms with E-state index in [0.717, 1.165) is 10.2 Å². The predicted molar refractivity (Wildman–Crippen MR) is 105 cm³/mol. The van der Waals surface area contributed by atoms with Crippen molar-refractivity contribution in [3.8, 4) is 0 Å². The summed E-state index contributed by atoms with van der Waals surface area (Å²) in [6.07, 6.45) is 0. The number of nitrogens with one attached hydrogen (secondary N) is 1. The topological polar surface area (TPSA) is 78.7 Å². The molecule has 9 heteroatoms. The zero-order valence-corrected chi connectivity index (χ0v) is 16.0. The Morgan fingerprint density at radius 2 is 1.77 bits per heavy atom. The molecule has 1 N–H and O–H groups in total. The first-order valence-corrected chi connectivity index (χ1v) is 9.11. The van der Waals surface area contributed by atoms with Gasteiger partial charge < -0.3 is 15.1 Å². The number of carbonyl (C=O) groups excluding carboxylic acids is 1. The second-order valence-corrected chi connectivity index (χ2v) is 7.12. The first-order chi connectivity index (χ1) is 12.4. The highest BCUT2D eigenvalue weighted by atomic mass is 79.9. The average molecular weight is 440 g/mol. The van der Waals surface area contributed by atoms with Gasteiger partial charge in [-0.2, -0.15) is 0 Å². The monoisotopic (exact) mass is 438 g/mol. The molecule has 1 saturated heterocycles. The molecule has 0 saturated carbocycles. The Balaban J connectivity index is 1.57. The zero-order valence-electron chi connectivity index (χ0n) is 13.7. The molecular weight excluding hydrogens is 424 g/mol. The number of carbonyl (C=O) groups is 1. The van der Waals surface area contributed by atoms with E-state index >= 15 is 0 Å². The minimum absolute atomic E-state index is 0.0677. The Hall–Kier alpha value is -2.32. The van der Waals surface area contributed by atoms with Crippen LogP contribution < -0.4 is 10.2 Å². The van der Waals surface area contributed by atoms with Crippen molar-refractivity contribution in [1.29, 1.82) is 0 Å². The standard InChI is InChI=1S/C17H16BrClN4O3/c18-12-1-6-16(15(19)11-12)20-17(24)22-9-7-21(8-10-22)13-2-4-14(5-3-13)23(25)26/h1-6,11H,7-10H2,(H,20,24). The quantitative estimate of drug-likeness (QED) is 0.569. The van der Waals surface area contributed by atoms with Gasteiger partial charge in [0.05, 0.1) is 15.6 Å². The highest BCUT2D eigenvalue weighted by molar-refractivity contribution is 9.10. The van der Waals surface area contributed by atoms with E-state index in [4.69, 9.17) is 11.6 Å². The summed E-state index contributed by atoms with van der Waals surface area (Å²) in [5.41, 5.74) is 1.54. The number of hydrogen-bond donors (Lipinski definition) is 1. The zero-order chi connectivity index (χ0) is 18.7. The number of nitrogens with zero attached hydrogens (tertiary/aromatic N) is 3. The van der Waals surface area contributed by atoms with Crippen LogP contribution in [0.15, 0.2) is 46.9 Å². The molecule has 0 aliphatic carbocycles. The van der Waals surface area contributed by atoms with Crippen LogP contribution in [0.1, 0.15) is 0 Å². The normalized spacial score (nSPS) is 14.2. The smallest absolute Gasteiger partial charge is 0.322 e.